The van der Waals surface area contributed by atoms with E-state index in [0.29, 0.717) is 17.8 Å². The van der Waals surface area contributed by atoms with Crippen LogP contribution in [0.2, 0.25) is 0 Å². The first-order valence-electron chi connectivity index (χ1n) is 4.60. The van der Waals surface area contributed by atoms with Crippen LogP contribution in [0.3, 0.4) is 0 Å². The maximum atomic E-state index is 7.50. The first-order chi connectivity index (χ1) is 7.72. The Morgan fingerprint density at radius 2 is 2.50 bits per heavy atom. The maximum absolute atomic E-state index is 7.50. The predicted molar refractivity (Wildman–Crippen MR) is 65.4 cm³/mol. The van der Waals surface area contributed by atoms with E-state index in [1.54, 1.807) is 22.2 Å². The summed E-state index contributed by atoms with van der Waals surface area (Å²) in [6.07, 6.45) is 6.92. The van der Waals surface area contributed by atoms with Gasteiger partial charge in [-0.3, -0.25) is 10.1 Å². The molecule has 0 bridgehead atoms. The summed E-state index contributed by atoms with van der Waals surface area (Å²) in [4.78, 5) is 0. The summed E-state index contributed by atoms with van der Waals surface area (Å²) in [5.74, 6) is 2.50. The van der Waals surface area contributed by atoms with Crippen molar-refractivity contribution in [1.82, 2.24) is 9.78 Å². The summed E-state index contributed by atoms with van der Waals surface area (Å²) in [7, 11) is 0. The quantitative estimate of drug-likeness (QED) is 0.477. The lowest BCUT2D eigenvalue weighted by atomic mass is 10.1. The van der Waals surface area contributed by atoms with Gasteiger partial charge in [0.25, 0.3) is 0 Å². The second-order valence-corrected chi connectivity index (χ2v) is 4.00. The third kappa shape index (κ3) is 1.83. The van der Waals surface area contributed by atoms with E-state index in [-0.39, 0.29) is 5.84 Å². The molecule has 2 aromatic heterocycles. The fourth-order valence-corrected chi connectivity index (χ4v) is 2.05. The molecule has 0 aliphatic heterocycles. The number of aromatic nitrogens is 2. The molecule has 3 N–H and O–H groups in total. The fraction of sp³-hybridized carbons (Fsp3) is 0.0909. The van der Waals surface area contributed by atoms with Crippen molar-refractivity contribution in [3.8, 4) is 23.6 Å². The molecule has 0 fully saturated rings. The second kappa shape index (κ2) is 4.21. The molecule has 0 saturated carbocycles. The molecule has 2 heterocycles. The van der Waals surface area contributed by atoms with Crippen molar-refractivity contribution in [2.24, 2.45) is 5.73 Å². The number of nitrogens with zero attached hydrogens (tertiary/aromatic N) is 2. The number of hydrogen-bond donors (Lipinski definition) is 2. The number of nitrogens with two attached hydrogens (primary N) is 1. The fourth-order valence-electron chi connectivity index (χ4n) is 1.41. The minimum atomic E-state index is 0.00414. The van der Waals surface area contributed by atoms with Gasteiger partial charge in [0.05, 0.1) is 5.56 Å². The average molecular weight is 230 g/mol. The zero-order valence-corrected chi connectivity index (χ0v) is 9.29. The van der Waals surface area contributed by atoms with Gasteiger partial charge >= 0.3 is 0 Å². The van der Waals surface area contributed by atoms with Gasteiger partial charge in [-0.15, -0.1) is 6.42 Å². The first-order valence-corrected chi connectivity index (χ1v) is 5.54. The molecule has 2 aromatic rings. The Morgan fingerprint density at radius 1 is 1.69 bits per heavy atom. The van der Waals surface area contributed by atoms with Crippen LogP contribution in [0.1, 0.15) is 5.56 Å². The average Bonchev–Trinajstić information content (AvgIpc) is 2.83. The Balaban J connectivity index is 2.51. The van der Waals surface area contributed by atoms with E-state index < -0.39 is 0 Å². The Bertz CT molecular complexity index is 545. The highest BCUT2D eigenvalue weighted by atomic mass is 32.1. The molecule has 0 aliphatic carbocycles. The van der Waals surface area contributed by atoms with Crippen LogP contribution < -0.4 is 5.73 Å². The summed E-state index contributed by atoms with van der Waals surface area (Å²) in [6, 6.07) is 1.94. The van der Waals surface area contributed by atoms with Crippen LogP contribution in [0.5, 0.6) is 0 Å². The third-order valence-corrected chi connectivity index (χ3v) is 2.78. The van der Waals surface area contributed by atoms with Crippen molar-refractivity contribution in [2.75, 3.05) is 0 Å². The number of nitrogen functional groups attached to an aromatic ring is 1. The molecule has 0 unspecified atom stereocenters. The van der Waals surface area contributed by atoms with Gasteiger partial charge < -0.3 is 5.73 Å². The third-order valence-electron chi connectivity index (χ3n) is 2.10. The van der Waals surface area contributed by atoms with Gasteiger partial charge in [0.2, 0.25) is 0 Å². The minimum absolute atomic E-state index is 0.00414. The molecule has 0 atom stereocenters. The van der Waals surface area contributed by atoms with Gasteiger partial charge in [0.1, 0.15) is 18.1 Å². The topological polar surface area (TPSA) is 67.7 Å². The number of thiophene rings is 1. The summed E-state index contributed by atoms with van der Waals surface area (Å²) >= 11 is 1.58. The zero-order chi connectivity index (χ0) is 11.5. The Hall–Kier alpha value is -2.06. The largest absolute Gasteiger partial charge is 0.384 e. The second-order valence-electron chi connectivity index (χ2n) is 3.22. The Morgan fingerprint density at radius 3 is 3.06 bits per heavy atom. The van der Waals surface area contributed by atoms with E-state index in [9.17, 15) is 0 Å². The number of rotatable bonds is 3. The van der Waals surface area contributed by atoms with Gasteiger partial charge in [0.15, 0.2) is 0 Å². The summed E-state index contributed by atoms with van der Waals surface area (Å²) in [5, 5.41) is 15.7. The SMILES string of the molecule is C#CCn1cc(C(=N)N)c(-c2ccsc2)n1. The summed E-state index contributed by atoms with van der Waals surface area (Å²) in [6.45, 7) is 0.379. The smallest absolute Gasteiger partial charge is 0.126 e. The van der Waals surface area contributed by atoms with E-state index in [0.717, 1.165) is 5.56 Å². The van der Waals surface area contributed by atoms with Gasteiger partial charge in [-0.05, 0) is 11.4 Å². The lowest BCUT2D eigenvalue weighted by molar-refractivity contribution is 0.718. The number of amidine groups is 1. The van der Waals surface area contributed by atoms with Crippen LogP contribution in [0.25, 0.3) is 11.3 Å². The molecule has 0 spiro atoms. The van der Waals surface area contributed by atoms with Crippen molar-refractivity contribution in [3.63, 3.8) is 0 Å². The zero-order valence-electron chi connectivity index (χ0n) is 8.47. The molecule has 0 aromatic carbocycles. The van der Waals surface area contributed by atoms with Crippen molar-refractivity contribution in [2.45, 2.75) is 6.54 Å². The Kier molecular flexibility index (Phi) is 2.75. The molecule has 4 nitrogen and oxygen atoms in total. The van der Waals surface area contributed by atoms with Crippen LogP contribution in [0.4, 0.5) is 0 Å². The van der Waals surface area contributed by atoms with Crippen molar-refractivity contribution in [3.05, 3.63) is 28.6 Å². The van der Waals surface area contributed by atoms with Crippen LogP contribution in [0.15, 0.2) is 23.0 Å². The molecule has 0 radical (unpaired) electrons. The highest BCUT2D eigenvalue weighted by Gasteiger charge is 2.13. The summed E-state index contributed by atoms with van der Waals surface area (Å²) in [5.41, 5.74) is 7.81. The van der Waals surface area contributed by atoms with Gasteiger partial charge in [-0.1, -0.05) is 5.92 Å². The normalized spacial score (nSPS) is 9.94. The highest BCUT2D eigenvalue weighted by Crippen LogP contribution is 2.23. The van der Waals surface area contributed by atoms with Gasteiger partial charge in [-0.2, -0.15) is 16.4 Å². The molecule has 16 heavy (non-hydrogen) atoms. The van der Waals surface area contributed by atoms with Crippen LogP contribution >= 0.6 is 11.3 Å². The lowest BCUT2D eigenvalue weighted by Crippen LogP contribution is -2.11. The van der Waals surface area contributed by atoms with Crippen molar-refractivity contribution in [1.29, 1.82) is 5.41 Å². The van der Waals surface area contributed by atoms with Crippen LogP contribution in [-0.4, -0.2) is 15.6 Å². The maximum Gasteiger partial charge on any atom is 0.126 e. The Labute approximate surface area is 97.2 Å². The molecular weight excluding hydrogens is 220 g/mol. The standard InChI is InChI=1S/C11H10N4S/c1-2-4-15-6-9(11(12)13)10(14-15)8-3-5-16-7-8/h1,3,5-7H,4H2,(H3,12,13). The molecule has 0 saturated heterocycles. The molecule has 0 amide bonds. The monoisotopic (exact) mass is 230 g/mol. The van der Waals surface area contributed by atoms with Gasteiger partial charge in [-0.25, -0.2) is 0 Å². The molecular formula is C11H10N4S. The number of hydrogen-bond acceptors (Lipinski definition) is 3. The van der Waals surface area contributed by atoms with E-state index in [4.69, 9.17) is 17.6 Å². The van der Waals surface area contributed by atoms with Crippen molar-refractivity contribution >= 4 is 17.2 Å². The molecule has 80 valence electrons. The van der Waals surface area contributed by atoms with E-state index in [1.807, 2.05) is 16.8 Å². The van der Waals surface area contributed by atoms with Crippen molar-refractivity contribution < 1.29 is 0 Å². The highest BCUT2D eigenvalue weighted by molar-refractivity contribution is 7.08. The lowest BCUT2D eigenvalue weighted by Gasteiger charge is -1.95. The molecule has 2 rings (SSSR count). The first kappa shape index (κ1) is 10.5. The number of nitrogens with one attached hydrogen (secondary N) is 1. The molecule has 0 aliphatic rings. The minimum Gasteiger partial charge on any atom is -0.384 e. The van der Waals surface area contributed by atoms with E-state index in [2.05, 4.69) is 11.0 Å². The summed E-state index contributed by atoms with van der Waals surface area (Å²) < 4.78 is 1.61. The van der Waals surface area contributed by atoms with Crippen LogP contribution in [-0.2, 0) is 6.54 Å². The number of terminal acetylenes is 1. The molecule has 5 heteroatoms. The van der Waals surface area contributed by atoms with E-state index in [1.165, 1.54) is 0 Å². The van der Waals surface area contributed by atoms with E-state index >= 15 is 0 Å². The van der Waals surface area contributed by atoms with Crippen LogP contribution in [0, 0.1) is 17.8 Å². The predicted octanol–water partition coefficient (Wildman–Crippen LogP) is 1.53. The van der Waals surface area contributed by atoms with Gasteiger partial charge in [0, 0.05) is 17.1 Å².